The number of hydrogen-bond acceptors (Lipinski definition) is 3. The third-order valence-corrected chi connectivity index (χ3v) is 5.73. The van der Waals surface area contributed by atoms with Crippen molar-refractivity contribution in [3.8, 4) is 0 Å². The van der Waals surface area contributed by atoms with E-state index in [1.165, 1.54) is 0 Å². The molecule has 1 fully saturated rings. The summed E-state index contributed by atoms with van der Waals surface area (Å²) in [5.41, 5.74) is 0.831. The molecule has 0 aliphatic heterocycles. The molecule has 2 N–H and O–H groups in total. The second kappa shape index (κ2) is 5.74. The minimum Gasteiger partial charge on any atom is -0.384 e. The van der Waals surface area contributed by atoms with Crippen LogP contribution in [0.15, 0.2) is 29.2 Å². The highest BCUT2D eigenvalue weighted by Crippen LogP contribution is 2.51. The third-order valence-electron chi connectivity index (χ3n) is 4.28. The maximum Gasteiger partial charge on any atom is 0.242 e. The summed E-state index contributed by atoms with van der Waals surface area (Å²) >= 11 is 0. The van der Waals surface area contributed by atoms with Gasteiger partial charge in [0.25, 0.3) is 0 Å². The first-order chi connectivity index (χ1) is 9.41. The normalized spacial score (nSPS) is 17.2. The van der Waals surface area contributed by atoms with Gasteiger partial charge in [-0.25, -0.2) is 13.1 Å². The fourth-order valence-electron chi connectivity index (χ4n) is 2.47. The summed E-state index contributed by atoms with van der Waals surface area (Å²) in [4.78, 5) is 0.335. The zero-order valence-corrected chi connectivity index (χ0v) is 13.3. The number of nitrogens with one attached hydrogen (secondary N) is 2. The topological polar surface area (TPSA) is 58.2 Å². The van der Waals surface area contributed by atoms with Crippen molar-refractivity contribution in [2.24, 2.45) is 11.3 Å². The Balaban J connectivity index is 2.15. The van der Waals surface area contributed by atoms with E-state index < -0.39 is 10.0 Å². The van der Waals surface area contributed by atoms with Gasteiger partial charge in [0.05, 0.1) is 5.69 Å². The molecule has 0 aromatic heterocycles. The Bertz CT molecular complexity index is 563. The molecular weight excluding hydrogens is 272 g/mol. The molecule has 20 heavy (non-hydrogen) atoms. The number of hydrogen-bond donors (Lipinski definition) is 2. The quantitative estimate of drug-likeness (QED) is 0.813. The van der Waals surface area contributed by atoms with Crippen LogP contribution in [0, 0.1) is 11.3 Å². The number of rotatable bonds is 7. The van der Waals surface area contributed by atoms with Crippen LogP contribution in [0.4, 0.5) is 5.69 Å². The van der Waals surface area contributed by atoms with Gasteiger partial charge in [-0.1, -0.05) is 26.0 Å². The molecule has 0 radical (unpaired) electrons. The van der Waals surface area contributed by atoms with Crippen LogP contribution < -0.4 is 10.0 Å². The van der Waals surface area contributed by atoms with Crippen LogP contribution in [-0.2, 0) is 10.0 Å². The lowest BCUT2D eigenvalue weighted by atomic mass is 9.93. The lowest BCUT2D eigenvalue weighted by molar-refractivity contribution is 0.357. The average molecular weight is 296 g/mol. The molecule has 1 aliphatic carbocycles. The van der Waals surface area contributed by atoms with E-state index >= 15 is 0 Å². The molecule has 0 unspecified atom stereocenters. The Morgan fingerprint density at radius 3 is 2.45 bits per heavy atom. The highest BCUT2D eigenvalue weighted by atomic mass is 32.2. The molecule has 1 aliphatic rings. The maximum atomic E-state index is 12.5. The van der Waals surface area contributed by atoms with Crippen LogP contribution in [0.3, 0.4) is 0 Å². The van der Waals surface area contributed by atoms with Crippen molar-refractivity contribution >= 4 is 15.7 Å². The van der Waals surface area contributed by atoms with E-state index in [9.17, 15) is 8.42 Å². The van der Waals surface area contributed by atoms with Gasteiger partial charge in [0, 0.05) is 13.1 Å². The number of sulfonamides is 1. The molecule has 0 heterocycles. The summed E-state index contributed by atoms with van der Waals surface area (Å²) < 4.78 is 27.7. The van der Waals surface area contributed by atoms with E-state index in [-0.39, 0.29) is 5.41 Å². The van der Waals surface area contributed by atoms with Crippen LogP contribution in [-0.4, -0.2) is 21.5 Å². The Labute approximate surface area is 122 Å². The molecule has 0 amide bonds. The first kappa shape index (κ1) is 15.3. The van der Waals surface area contributed by atoms with E-state index in [1.807, 2.05) is 13.0 Å². The summed E-state index contributed by atoms with van der Waals surface area (Å²) in [5, 5.41) is 3.10. The maximum absolute atomic E-state index is 12.5. The summed E-state index contributed by atoms with van der Waals surface area (Å²) in [6.07, 6.45) is 2.23. The van der Waals surface area contributed by atoms with Gasteiger partial charge in [-0.3, -0.25) is 0 Å². The first-order valence-corrected chi connectivity index (χ1v) is 8.72. The van der Waals surface area contributed by atoms with E-state index in [0.29, 0.717) is 29.6 Å². The van der Waals surface area contributed by atoms with Crippen molar-refractivity contribution in [3.63, 3.8) is 0 Å². The Morgan fingerprint density at radius 1 is 1.25 bits per heavy atom. The van der Waals surface area contributed by atoms with Crippen molar-refractivity contribution < 1.29 is 8.42 Å². The fraction of sp³-hybridized carbons (Fsp3) is 0.600. The molecule has 2 rings (SSSR count). The van der Waals surface area contributed by atoms with Gasteiger partial charge in [0.1, 0.15) is 4.90 Å². The molecule has 1 saturated carbocycles. The van der Waals surface area contributed by atoms with Gasteiger partial charge in [-0.15, -0.1) is 0 Å². The van der Waals surface area contributed by atoms with Gasteiger partial charge in [-0.2, -0.15) is 0 Å². The Morgan fingerprint density at radius 2 is 1.90 bits per heavy atom. The van der Waals surface area contributed by atoms with Gasteiger partial charge in [0.2, 0.25) is 10.0 Å². The van der Waals surface area contributed by atoms with Crippen LogP contribution >= 0.6 is 0 Å². The minimum absolute atomic E-state index is 0.167. The van der Waals surface area contributed by atoms with Crippen molar-refractivity contribution in [1.29, 1.82) is 0 Å². The lowest BCUT2D eigenvalue weighted by Gasteiger charge is -2.20. The van der Waals surface area contributed by atoms with Gasteiger partial charge >= 0.3 is 0 Å². The molecule has 0 saturated heterocycles. The zero-order chi connectivity index (χ0) is 14.8. The van der Waals surface area contributed by atoms with Crippen LogP contribution in [0.2, 0.25) is 0 Å². The Kier molecular flexibility index (Phi) is 4.39. The minimum atomic E-state index is -3.45. The monoisotopic (exact) mass is 296 g/mol. The summed E-state index contributed by atoms with van der Waals surface area (Å²) in [5.74, 6) is 0.509. The Hall–Kier alpha value is -1.07. The van der Waals surface area contributed by atoms with Crippen molar-refractivity contribution in [2.75, 3.05) is 18.4 Å². The average Bonchev–Trinajstić information content (AvgIpc) is 3.19. The van der Waals surface area contributed by atoms with Crippen molar-refractivity contribution in [3.05, 3.63) is 24.3 Å². The molecule has 112 valence electrons. The molecular formula is C15H24N2O2S. The van der Waals surface area contributed by atoms with E-state index in [1.54, 1.807) is 18.2 Å². The summed E-state index contributed by atoms with van der Waals surface area (Å²) in [6, 6.07) is 7.04. The predicted octanol–water partition coefficient (Wildman–Crippen LogP) is 2.83. The molecule has 5 heteroatoms. The van der Waals surface area contributed by atoms with Crippen molar-refractivity contribution in [2.45, 2.75) is 38.5 Å². The summed E-state index contributed by atoms with van der Waals surface area (Å²) in [7, 11) is -3.45. The zero-order valence-electron chi connectivity index (χ0n) is 12.4. The van der Waals surface area contributed by atoms with E-state index in [0.717, 1.165) is 12.8 Å². The lowest BCUT2D eigenvalue weighted by Crippen LogP contribution is -2.33. The van der Waals surface area contributed by atoms with E-state index in [2.05, 4.69) is 23.9 Å². The number of benzene rings is 1. The molecule has 0 atom stereocenters. The predicted molar refractivity (Wildman–Crippen MR) is 82.3 cm³/mol. The second-order valence-corrected chi connectivity index (χ2v) is 7.60. The smallest absolute Gasteiger partial charge is 0.242 e. The van der Waals surface area contributed by atoms with Gasteiger partial charge in [0.15, 0.2) is 0 Å². The molecule has 4 nitrogen and oxygen atoms in total. The second-order valence-electron chi connectivity index (χ2n) is 5.87. The first-order valence-electron chi connectivity index (χ1n) is 7.24. The van der Waals surface area contributed by atoms with Crippen LogP contribution in [0.25, 0.3) is 0 Å². The largest absolute Gasteiger partial charge is 0.384 e. The number of para-hydroxylation sites is 1. The third kappa shape index (κ3) is 3.15. The summed E-state index contributed by atoms with van der Waals surface area (Å²) in [6.45, 7) is 7.51. The van der Waals surface area contributed by atoms with Crippen LogP contribution in [0.5, 0.6) is 0 Å². The van der Waals surface area contributed by atoms with Gasteiger partial charge < -0.3 is 5.32 Å². The van der Waals surface area contributed by atoms with E-state index in [4.69, 9.17) is 0 Å². The highest BCUT2D eigenvalue weighted by Gasteiger charge is 2.45. The standard InChI is InChI=1S/C15H24N2O2S/c1-4-16-13-7-5-6-8-14(13)20(18,19)17-11-15(9-10-15)12(2)3/h5-8,12,16-17H,4,9-11H2,1-3H3. The molecule has 1 aromatic rings. The van der Waals surface area contributed by atoms with Crippen molar-refractivity contribution in [1.82, 2.24) is 4.72 Å². The number of anilines is 1. The van der Waals surface area contributed by atoms with Crippen LogP contribution in [0.1, 0.15) is 33.6 Å². The molecule has 0 bridgehead atoms. The molecule has 0 spiro atoms. The van der Waals surface area contributed by atoms with Gasteiger partial charge in [-0.05, 0) is 43.2 Å². The highest BCUT2D eigenvalue weighted by molar-refractivity contribution is 7.89. The fourth-order valence-corrected chi connectivity index (χ4v) is 3.79. The molecule has 1 aromatic carbocycles. The SMILES string of the molecule is CCNc1ccccc1S(=O)(=O)NCC1(C(C)C)CC1.